The fraction of sp³-hybridized carbons (Fsp3) is 0.714. The van der Waals surface area contributed by atoms with Gasteiger partial charge in [0.25, 0.3) is 0 Å². The Morgan fingerprint density at radius 2 is 1.64 bits per heavy atom. The van der Waals surface area contributed by atoms with Gasteiger partial charge < -0.3 is 5.11 Å². The molecule has 1 heteroatoms. The van der Waals surface area contributed by atoms with E-state index >= 15 is 0 Å². The predicted octanol–water partition coefficient (Wildman–Crippen LogP) is 6.20. The molecule has 126 valence electrons. The van der Waals surface area contributed by atoms with E-state index in [4.69, 9.17) is 0 Å². The molecule has 0 heterocycles. The molecule has 0 aliphatic heterocycles. The van der Waals surface area contributed by atoms with E-state index in [1.54, 1.807) is 0 Å². The Labute approximate surface area is 138 Å². The summed E-state index contributed by atoms with van der Waals surface area (Å²) in [5, 5.41) is 10.7. The molecule has 0 bridgehead atoms. The molecule has 0 aromatic carbocycles. The topological polar surface area (TPSA) is 20.2 Å². The minimum absolute atomic E-state index is 0.0347. The minimum Gasteiger partial charge on any atom is -0.388 e. The molecular formula is C21H36O. The summed E-state index contributed by atoms with van der Waals surface area (Å²) in [7, 11) is 0. The van der Waals surface area contributed by atoms with E-state index in [0.717, 1.165) is 25.7 Å². The normalized spacial score (nSPS) is 26.6. The van der Waals surface area contributed by atoms with E-state index in [0.29, 0.717) is 5.92 Å². The summed E-state index contributed by atoms with van der Waals surface area (Å²) >= 11 is 0. The van der Waals surface area contributed by atoms with Gasteiger partial charge in [0.2, 0.25) is 0 Å². The molecule has 1 N–H and O–H groups in total. The molecule has 0 saturated carbocycles. The lowest BCUT2D eigenvalue weighted by Gasteiger charge is -2.28. The molecule has 0 saturated heterocycles. The van der Waals surface area contributed by atoms with Crippen LogP contribution in [0.1, 0.15) is 80.1 Å². The lowest BCUT2D eigenvalue weighted by Crippen LogP contribution is -2.23. The van der Waals surface area contributed by atoms with Gasteiger partial charge in [0.05, 0.1) is 6.10 Å². The Morgan fingerprint density at radius 1 is 1.00 bits per heavy atom. The third-order valence-corrected chi connectivity index (χ3v) is 4.66. The second kappa shape index (κ2) is 8.72. The number of allylic oxidation sites excluding steroid dienone is 4. The van der Waals surface area contributed by atoms with Gasteiger partial charge >= 0.3 is 0 Å². The second-order valence-electron chi connectivity index (χ2n) is 8.19. The van der Waals surface area contributed by atoms with Crippen molar-refractivity contribution < 1.29 is 5.11 Å². The summed E-state index contributed by atoms with van der Waals surface area (Å²) in [4.78, 5) is 0. The molecule has 0 radical (unpaired) electrons. The van der Waals surface area contributed by atoms with Crippen LogP contribution >= 0.6 is 0 Å². The first-order chi connectivity index (χ1) is 10.2. The van der Waals surface area contributed by atoms with E-state index in [1.165, 1.54) is 29.6 Å². The Balaban J connectivity index is 2.98. The van der Waals surface area contributed by atoms with Crippen LogP contribution in [0.15, 0.2) is 34.9 Å². The quantitative estimate of drug-likeness (QED) is 0.528. The standard InChI is InChI=1S/C21H36O/c1-16-9-7-11-17(2)13-14-19(21(4,5)6)20(22)15-18(3)12-8-10-16/h9,12,14,17,20,22H,7-8,10-11,13,15H2,1-6H3/t17?,20-/m0/s1. The van der Waals surface area contributed by atoms with Crippen molar-refractivity contribution in [2.45, 2.75) is 86.2 Å². The lowest BCUT2D eigenvalue weighted by atomic mass is 9.80. The summed E-state index contributed by atoms with van der Waals surface area (Å²) in [6, 6.07) is 0. The molecule has 1 aliphatic rings. The molecule has 1 unspecified atom stereocenters. The average Bonchev–Trinajstić information content (AvgIpc) is 2.36. The smallest absolute Gasteiger partial charge is 0.0792 e. The van der Waals surface area contributed by atoms with Crippen molar-refractivity contribution in [3.8, 4) is 0 Å². The van der Waals surface area contributed by atoms with Gasteiger partial charge in [-0.25, -0.2) is 0 Å². The van der Waals surface area contributed by atoms with Gasteiger partial charge in [-0.05, 0) is 69.3 Å². The molecule has 1 aliphatic carbocycles. The summed E-state index contributed by atoms with van der Waals surface area (Å²) < 4.78 is 0. The molecule has 0 spiro atoms. The van der Waals surface area contributed by atoms with Gasteiger partial charge in [-0.1, -0.05) is 57.1 Å². The van der Waals surface area contributed by atoms with E-state index < -0.39 is 0 Å². The summed E-state index contributed by atoms with van der Waals surface area (Å²) in [5.74, 6) is 0.674. The first-order valence-corrected chi connectivity index (χ1v) is 8.90. The van der Waals surface area contributed by atoms with Crippen LogP contribution in [-0.4, -0.2) is 11.2 Å². The molecule has 1 rings (SSSR count). The minimum atomic E-state index is -0.344. The van der Waals surface area contributed by atoms with Gasteiger partial charge in [0.15, 0.2) is 0 Å². The molecule has 1 nitrogen and oxygen atoms in total. The number of hydrogen-bond acceptors (Lipinski definition) is 1. The maximum Gasteiger partial charge on any atom is 0.0792 e. The molecule has 0 aromatic rings. The number of hydrogen-bond donors (Lipinski definition) is 1. The van der Waals surface area contributed by atoms with Gasteiger partial charge in [0.1, 0.15) is 0 Å². The van der Waals surface area contributed by atoms with Crippen LogP contribution in [0.25, 0.3) is 0 Å². The van der Waals surface area contributed by atoms with Crippen molar-refractivity contribution in [3.63, 3.8) is 0 Å². The summed E-state index contributed by atoms with van der Waals surface area (Å²) in [6.45, 7) is 13.3. The fourth-order valence-corrected chi connectivity index (χ4v) is 3.15. The van der Waals surface area contributed by atoms with Crippen LogP contribution in [0.2, 0.25) is 0 Å². The van der Waals surface area contributed by atoms with Gasteiger partial charge in [0, 0.05) is 0 Å². The number of rotatable bonds is 0. The predicted molar refractivity (Wildman–Crippen MR) is 97.9 cm³/mol. The molecule has 22 heavy (non-hydrogen) atoms. The second-order valence-corrected chi connectivity index (χ2v) is 8.19. The third-order valence-electron chi connectivity index (χ3n) is 4.66. The molecular weight excluding hydrogens is 268 g/mol. The zero-order valence-corrected chi connectivity index (χ0v) is 15.6. The first-order valence-electron chi connectivity index (χ1n) is 8.90. The van der Waals surface area contributed by atoms with E-state index in [1.807, 2.05) is 0 Å². The van der Waals surface area contributed by atoms with Crippen LogP contribution < -0.4 is 0 Å². The first kappa shape index (κ1) is 19.2. The van der Waals surface area contributed by atoms with E-state index in [2.05, 4.69) is 59.8 Å². The van der Waals surface area contributed by atoms with E-state index in [-0.39, 0.29) is 11.5 Å². The zero-order chi connectivity index (χ0) is 16.8. The van der Waals surface area contributed by atoms with Crippen molar-refractivity contribution in [1.82, 2.24) is 0 Å². The Kier molecular flexibility index (Phi) is 7.62. The van der Waals surface area contributed by atoms with E-state index in [9.17, 15) is 5.11 Å². The lowest BCUT2D eigenvalue weighted by molar-refractivity contribution is 0.184. The summed E-state index contributed by atoms with van der Waals surface area (Å²) in [5.41, 5.74) is 4.05. The maximum absolute atomic E-state index is 10.7. The van der Waals surface area contributed by atoms with Crippen LogP contribution in [0, 0.1) is 11.3 Å². The monoisotopic (exact) mass is 304 g/mol. The maximum atomic E-state index is 10.7. The average molecular weight is 305 g/mol. The van der Waals surface area contributed by atoms with Crippen LogP contribution in [-0.2, 0) is 0 Å². The zero-order valence-electron chi connectivity index (χ0n) is 15.6. The molecule has 0 fully saturated rings. The van der Waals surface area contributed by atoms with Gasteiger partial charge in [-0.15, -0.1) is 0 Å². The Bertz CT molecular complexity index is 431. The molecule has 0 aromatic heterocycles. The van der Waals surface area contributed by atoms with Crippen molar-refractivity contribution >= 4 is 0 Å². The van der Waals surface area contributed by atoms with Crippen LogP contribution in [0.5, 0.6) is 0 Å². The number of aliphatic hydroxyl groups is 1. The largest absolute Gasteiger partial charge is 0.388 e. The highest BCUT2D eigenvalue weighted by molar-refractivity contribution is 5.19. The van der Waals surface area contributed by atoms with Gasteiger partial charge in [-0.2, -0.15) is 0 Å². The highest BCUT2D eigenvalue weighted by atomic mass is 16.3. The molecule has 0 amide bonds. The van der Waals surface area contributed by atoms with Crippen LogP contribution in [0.4, 0.5) is 0 Å². The molecule has 2 atom stereocenters. The van der Waals surface area contributed by atoms with Crippen molar-refractivity contribution in [3.05, 3.63) is 34.9 Å². The van der Waals surface area contributed by atoms with Gasteiger partial charge in [-0.3, -0.25) is 0 Å². The van der Waals surface area contributed by atoms with Crippen molar-refractivity contribution in [2.75, 3.05) is 0 Å². The highest BCUT2D eigenvalue weighted by Crippen LogP contribution is 2.32. The Hall–Kier alpha value is -0.820. The number of aliphatic hydroxyl groups excluding tert-OH is 1. The fourth-order valence-electron chi connectivity index (χ4n) is 3.15. The third kappa shape index (κ3) is 6.96. The summed E-state index contributed by atoms with van der Waals surface area (Å²) in [6.07, 6.45) is 13.2. The highest BCUT2D eigenvalue weighted by Gasteiger charge is 2.24. The van der Waals surface area contributed by atoms with Crippen molar-refractivity contribution in [1.29, 1.82) is 0 Å². The Morgan fingerprint density at radius 3 is 2.27 bits per heavy atom. The van der Waals surface area contributed by atoms with Crippen LogP contribution in [0.3, 0.4) is 0 Å². The van der Waals surface area contributed by atoms with Crippen molar-refractivity contribution in [2.24, 2.45) is 11.3 Å². The SMILES string of the molecule is CC1=CCCC(C)CC=C(C(C)(C)C)[C@@H](O)CC(C)=CCC1.